The number of aromatic nitrogens is 4. The molecule has 8 nitrogen and oxygen atoms in total. The molecule has 0 unspecified atom stereocenters. The van der Waals surface area contributed by atoms with E-state index in [-0.39, 0.29) is 36.5 Å². The summed E-state index contributed by atoms with van der Waals surface area (Å²) in [5.41, 5.74) is 1.50. The first-order valence-corrected chi connectivity index (χ1v) is 11.0. The number of halogens is 1. The lowest BCUT2D eigenvalue weighted by Gasteiger charge is -2.28. The Hall–Kier alpha value is -3.62. The molecular formula is C24H29FN6O2. The molecule has 2 aromatic carbocycles. The maximum absolute atomic E-state index is 13.2. The molecule has 2 amide bonds. The SMILES string of the molecule is CC(C)CCNC(=O)[C@H](C)N(Cc1ccccc1)C(=O)Cn1nnc(-c2ccc(F)cc2)n1. The Balaban J connectivity index is 1.73. The Bertz CT molecular complexity index is 1050. The summed E-state index contributed by atoms with van der Waals surface area (Å²) >= 11 is 0. The van der Waals surface area contributed by atoms with Crippen molar-refractivity contribution in [3.63, 3.8) is 0 Å². The van der Waals surface area contributed by atoms with E-state index in [4.69, 9.17) is 0 Å². The fourth-order valence-corrected chi connectivity index (χ4v) is 3.23. The molecule has 9 heteroatoms. The quantitative estimate of drug-likeness (QED) is 0.510. The minimum Gasteiger partial charge on any atom is -0.354 e. The van der Waals surface area contributed by atoms with Gasteiger partial charge in [0.2, 0.25) is 17.6 Å². The zero-order valence-corrected chi connectivity index (χ0v) is 19.1. The lowest BCUT2D eigenvalue weighted by atomic mass is 10.1. The van der Waals surface area contributed by atoms with E-state index >= 15 is 0 Å². The topological polar surface area (TPSA) is 93.0 Å². The molecule has 0 aliphatic rings. The third-order valence-electron chi connectivity index (χ3n) is 5.22. The first-order chi connectivity index (χ1) is 15.8. The second-order valence-electron chi connectivity index (χ2n) is 8.31. The maximum Gasteiger partial charge on any atom is 0.247 e. The average molecular weight is 453 g/mol. The summed E-state index contributed by atoms with van der Waals surface area (Å²) in [4.78, 5) is 28.6. The number of carbonyl (C=O) groups excluding carboxylic acids is 2. The van der Waals surface area contributed by atoms with Crippen LogP contribution in [0.5, 0.6) is 0 Å². The molecule has 174 valence electrons. The summed E-state index contributed by atoms with van der Waals surface area (Å²) in [5.74, 6) is -0.126. The van der Waals surface area contributed by atoms with Gasteiger partial charge in [0.1, 0.15) is 18.4 Å². The smallest absolute Gasteiger partial charge is 0.247 e. The van der Waals surface area contributed by atoms with Crippen molar-refractivity contribution in [3.8, 4) is 11.4 Å². The van der Waals surface area contributed by atoms with Crippen molar-refractivity contribution in [2.45, 2.75) is 46.3 Å². The number of nitrogens with zero attached hydrogens (tertiary/aromatic N) is 5. The number of hydrogen-bond donors (Lipinski definition) is 1. The van der Waals surface area contributed by atoms with Gasteiger partial charge in [-0.25, -0.2) is 4.39 Å². The molecule has 1 aromatic heterocycles. The number of amides is 2. The number of tetrazole rings is 1. The van der Waals surface area contributed by atoms with Crippen molar-refractivity contribution >= 4 is 11.8 Å². The Kier molecular flexibility index (Phi) is 8.23. The highest BCUT2D eigenvalue weighted by Crippen LogP contribution is 2.14. The van der Waals surface area contributed by atoms with Gasteiger partial charge in [-0.05, 0) is 54.3 Å². The predicted molar refractivity (Wildman–Crippen MR) is 122 cm³/mol. The number of benzene rings is 2. The zero-order valence-electron chi connectivity index (χ0n) is 19.1. The van der Waals surface area contributed by atoms with E-state index in [9.17, 15) is 14.0 Å². The molecule has 0 radical (unpaired) electrons. The van der Waals surface area contributed by atoms with Crippen LogP contribution in [-0.2, 0) is 22.7 Å². The van der Waals surface area contributed by atoms with Crippen LogP contribution in [0.2, 0.25) is 0 Å². The van der Waals surface area contributed by atoms with E-state index < -0.39 is 6.04 Å². The van der Waals surface area contributed by atoms with Crippen LogP contribution in [0.4, 0.5) is 4.39 Å². The molecule has 0 saturated carbocycles. The van der Waals surface area contributed by atoms with Gasteiger partial charge in [0.15, 0.2) is 0 Å². The lowest BCUT2D eigenvalue weighted by Crippen LogP contribution is -2.49. The highest BCUT2D eigenvalue weighted by atomic mass is 19.1. The summed E-state index contributed by atoms with van der Waals surface area (Å²) in [7, 11) is 0. The van der Waals surface area contributed by atoms with Crippen molar-refractivity contribution in [1.82, 2.24) is 30.4 Å². The van der Waals surface area contributed by atoms with E-state index in [0.717, 1.165) is 12.0 Å². The van der Waals surface area contributed by atoms with Crippen LogP contribution in [0.15, 0.2) is 54.6 Å². The fraction of sp³-hybridized carbons (Fsp3) is 0.375. The van der Waals surface area contributed by atoms with Gasteiger partial charge in [0, 0.05) is 18.7 Å². The van der Waals surface area contributed by atoms with Crippen LogP contribution < -0.4 is 5.32 Å². The summed E-state index contributed by atoms with van der Waals surface area (Å²) in [6.07, 6.45) is 0.861. The van der Waals surface area contributed by atoms with Crippen molar-refractivity contribution in [3.05, 3.63) is 66.0 Å². The summed E-state index contributed by atoms with van der Waals surface area (Å²) in [6, 6.07) is 14.5. The van der Waals surface area contributed by atoms with Crippen LogP contribution >= 0.6 is 0 Å². The van der Waals surface area contributed by atoms with Crippen molar-refractivity contribution in [1.29, 1.82) is 0 Å². The minimum absolute atomic E-state index is 0.176. The summed E-state index contributed by atoms with van der Waals surface area (Å²) in [6.45, 7) is 6.55. The zero-order chi connectivity index (χ0) is 23.8. The second-order valence-corrected chi connectivity index (χ2v) is 8.31. The number of nitrogens with one attached hydrogen (secondary N) is 1. The molecular weight excluding hydrogens is 423 g/mol. The lowest BCUT2D eigenvalue weighted by molar-refractivity contribution is -0.141. The molecule has 0 bridgehead atoms. The molecule has 1 atom stereocenters. The average Bonchev–Trinajstić information content (AvgIpc) is 3.26. The molecule has 1 heterocycles. The summed E-state index contributed by atoms with van der Waals surface area (Å²) < 4.78 is 13.2. The van der Waals surface area contributed by atoms with Crippen LogP contribution in [0.3, 0.4) is 0 Å². The van der Waals surface area contributed by atoms with E-state index in [1.165, 1.54) is 21.8 Å². The third kappa shape index (κ3) is 6.93. The first kappa shape index (κ1) is 24.0. The second kappa shape index (κ2) is 11.3. The van der Waals surface area contributed by atoms with Crippen LogP contribution in [0, 0.1) is 11.7 Å². The maximum atomic E-state index is 13.2. The minimum atomic E-state index is -0.676. The van der Waals surface area contributed by atoms with Crippen molar-refractivity contribution < 1.29 is 14.0 Å². The van der Waals surface area contributed by atoms with Crippen LogP contribution in [-0.4, -0.2) is 49.5 Å². The summed E-state index contributed by atoms with van der Waals surface area (Å²) in [5, 5.41) is 15.1. The molecule has 3 rings (SSSR count). The van der Waals surface area contributed by atoms with Gasteiger partial charge in [-0.2, -0.15) is 4.80 Å². The normalized spacial score (nSPS) is 11.9. The Labute approximate surface area is 192 Å². The highest BCUT2D eigenvalue weighted by molar-refractivity contribution is 5.87. The molecule has 0 saturated heterocycles. The van der Waals surface area contributed by atoms with Crippen molar-refractivity contribution in [2.75, 3.05) is 6.54 Å². The Morgan fingerprint density at radius 1 is 1.06 bits per heavy atom. The van der Waals surface area contributed by atoms with Crippen molar-refractivity contribution in [2.24, 2.45) is 5.92 Å². The molecule has 0 aliphatic carbocycles. The van der Waals surface area contributed by atoms with Gasteiger partial charge in [-0.15, -0.1) is 10.2 Å². The number of carbonyl (C=O) groups is 2. The van der Waals surface area contributed by atoms with Gasteiger partial charge in [0.05, 0.1) is 0 Å². The Morgan fingerprint density at radius 3 is 2.42 bits per heavy atom. The molecule has 1 N–H and O–H groups in total. The monoisotopic (exact) mass is 452 g/mol. The standard InChI is InChI=1S/C24H29FN6O2/c1-17(2)13-14-26-24(33)18(3)30(15-19-7-5-4-6-8-19)22(32)16-31-28-23(27-29-31)20-9-11-21(25)12-10-20/h4-12,17-18H,13-16H2,1-3H3,(H,26,33)/t18-/m0/s1. The van der Waals surface area contributed by atoms with Gasteiger partial charge in [0.25, 0.3) is 0 Å². The van der Waals surface area contributed by atoms with Gasteiger partial charge in [-0.3, -0.25) is 9.59 Å². The van der Waals surface area contributed by atoms with E-state index in [1.54, 1.807) is 19.1 Å². The largest absolute Gasteiger partial charge is 0.354 e. The third-order valence-corrected chi connectivity index (χ3v) is 5.22. The van der Waals surface area contributed by atoms with Gasteiger partial charge >= 0.3 is 0 Å². The molecule has 0 aliphatic heterocycles. The van der Waals surface area contributed by atoms with Gasteiger partial charge in [-0.1, -0.05) is 44.2 Å². The first-order valence-electron chi connectivity index (χ1n) is 11.0. The molecule has 0 fully saturated rings. The van der Waals surface area contributed by atoms with Crippen LogP contribution in [0.1, 0.15) is 32.8 Å². The van der Waals surface area contributed by atoms with E-state index in [2.05, 4.69) is 34.6 Å². The number of rotatable bonds is 10. The van der Waals surface area contributed by atoms with Crippen LogP contribution in [0.25, 0.3) is 11.4 Å². The fourth-order valence-electron chi connectivity index (χ4n) is 3.23. The molecule has 0 spiro atoms. The Morgan fingerprint density at radius 2 is 1.76 bits per heavy atom. The number of hydrogen-bond acceptors (Lipinski definition) is 5. The molecule has 3 aromatic rings. The van der Waals surface area contributed by atoms with E-state index in [1.807, 2.05) is 30.3 Å². The van der Waals surface area contributed by atoms with Gasteiger partial charge < -0.3 is 10.2 Å². The molecule has 33 heavy (non-hydrogen) atoms. The van der Waals surface area contributed by atoms with E-state index in [0.29, 0.717) is 18.0 Å². The highest BCUT2D eigenvalue weighted by Gasteiger charge is 2.27. The predicted octanol–water partition coefficient (Wildman–Crippen LogP) is 3.06.